The van der Waals surface area contributed by atoms with Crippen LogP contribution < -0.4 is 0 Å². The van der Waals surface area contributed by atoms with Crippen molar-refractivity contribution in [3.05, 3.63) is 35.9 Å². The van der Waals surface area contributed by atoms with E-state index in [0.717, 1.165) is 37.3 Å². The maximum atomic E-state index is 11.5. The van der Waals surface area contributed by atoms with E-state index in [0.29, 0.717) is 12.8 Å². The average molecular weight is 493 g/mol. The molecule has 0 aromatic heterocycles. The summed E-state index contributed by atoms with van der Waals surface area (Å²) in [6.45, 7) is -0.0936. The molecule has 2 fully saturated rings. The van der Waals surface area contributed by atoms with Crippen molar-refractivity contribution >= 4 is 20.2 Å². The third-order valence-corrected chi connectivity index (χ3v) is 6.63. The first kappa shape index (κ1) is 25.5. The number of hydrogen-bond donors (Lipinski definition) is 0. The van der Waals surface area contributed by atoms with Crippen LogP contribution in [0.4, 0.5) is 0 Å². The molecule has 11 heteroatoms. The van der Waals surface area contributed by atoms with E-state index < -0.39 is 44.3 Å². The van der Waals surface area contributed by atoms with Gasteiger partial charge in [0, 0.05) is 19.3 Å². The Morgan fingerprint density at radius 2 is 1.56 bits per heavy atom. The quantitative estimate of drug-likeness (QED) is 0.429. The van der Waals surface area contributed by atoms with Gasteiger partial charge < -0.3 is 14.2 Å². The molecular formula is C21H32O9S2. The van der Waals surface area contributed by atoms with Crippen LogP contribution in [0.3, 0.4) is 0 Å². The van der Waals surface area contributed by atoms with E-state index in [1.807, 2.05) is 30.3 Å². The topological polar surface area (TPSA) is 114 Å². The molecular weight excluding hydrogens is 460 g/mol. The van der Waals surface area contributed by atoms with Crippen molar-refractivity contribution < 1.29 is 39.4 Å². The summed E-state index contributed by atoms with van der Waals surface area (Å²) in [6, 6.07) is 9.49. The summed E-state index contributed by atoms with van der Waals surface area (Å²) in [5, 5.41) is 0. The Kier molecular flexibility index (Phi) is 8.70. The van der Waals surface area contributed by atoms with Gasteiger partial charge in [-0.1, -0.05) is 36.8 Å². The summed E-state index contributed by atoms with van der Waals surface area (Å²) in [4.78, 5) is 0. The third kappa shape index (κ3) is 8.36. The maximum absolute atomic E-state index is 11.5. The molecule has 182 valence electrons. The zero-order chi connectivity index (χ0) is 23.2. The smallest absolute Gasteiger partial charge is 0.264 e. The second-order valence-electron chi connectivity index (χ2n) is 8.42. The predicted octanol–water partition coefficient (Wildman–Crippen LogP) is 2.36. The standard InChI is InChI=1S/C21H32O9S2/c1-31(22,23)27-15-18(26-14-17-9-5-3-6-10-17)13-19-20(16-28-32(2,24)25)30-21(29-19)11-7-4-8-12-21/h3,5-6,9-10,18-20H,4,7-8,11-16H2,1-2H3/t18-,19-,20+/m1/s1. The van der Waals surface area contributed by atoms with Crippen molar-refractivity contribution in [3.8, 4) is 0 Å². The minimum atomic E-state index is -3.66. The van der Waals surface area contributed by atoms with Crippen molar-refractivity contribution in [2.75, 3.05) is 25.7 Å². The van der Waals surface area contributed by atoms with Gasteiger partial charge in [0.25, 0.3) is 20.2 Å². The number of rotatable bonds is 11. The first-order chi connectivity index (χ1) is 15.0. The molecule has 0 N–H and O–H groups in total. The van der Waals surface area contributed by atoms with E-state index in [2.05, 4.69) is 0 Å². The summed E-state index contributed by atoms with van der Waals surface area (Å²) in [5.41, 5.74) is 0.932. The highest BCUT2D eigenvalue weighted by Crippen LogP contribution is 2.42. The van der Waals surface area contributed by atoms with Crippen LogP contribution in [0.2, 0.25) is 0 Å². The fourth-order valence-electron chi connectivity index (χ4n) is 4.02. The molecule has 1 saturated heterocycles. The first-order valence-electron chi connectivity index (χ1n) is 10.7. The lowest BCUT2D eigenvalue weighted by Crippen LogP contribution is -2.35. The summed E-state index contributed by atoms with van der Waals surface area (Å²) in [5.74, 6) is -0.768. The van der Waals surface area contributed by atoms with E-state index >= 15 is 0 Å². The van der Waals surface area contributed by atoms with Gasteiger partial charge in [-0.15, -0.1) is 0 Å². The molecule has 1 aliphatic heterocycles. The highest BCUT2D eigenvalue weighted by Gasteiger charge is 2.48. The molecule has 1 spiro atoms. The monoisotopic (exact) mass is 492 g/mol. The zero-order valence-electron chi connectivity index (χ0n) is 18.5. The molecule has 32 heavy (non-hydrogen) atoms. The molecule has 1 saturated carbocycles. The van der Waals surface area contributed by atoms with Crippen LogP contribution in [0.5, 0.6) is 0 Å². The molecule has 3 atom stereocenters. The van der Waals surface area contributed by atoms with Gasteiger partial charge in [0.05, 0.1) is 44.5 Å². The van der Waals surface area contributed by atoms with E-state index in [-0.39, 0.29) is 26.2 Å². The lowest BCUT2D eigenvalue weighted by Gasteiger charge is -2.32. The van der Waals surface area contributed by atoms with Gasteiger partial charge in [0.2, 0.25) is 0 Å². The molecule has 0 amide bonds. The Morgan fingerprint density at radius 3 is 2.19 bits per heavy atom. The van der Waals surface area contributed by atoms with Crippen LogP contribution in [-0.2, 0) is 49.4 Å². The first-order valence-corrected chi connectivity index (χ1v) is 14.4. The molecule has 2 aliphatic rings. The Bertz CT molecular complexity index is 925. The summed E-state index contributed by atoms with van der Waals surface area (Å²) >= 11 is 0. The van der Waals surface area contributed by atoms with Crippen molar-refractivity contribution in [1.82, 2.24) is 0 Å². The Hall–Kier alpha value is -1.08. The minimum Gasteiger partial charge on any atom is -0.371 e. The fraction of sp³-hybridized carbons (Fsp3) is 0.714. The third-order valence-electron chi connectivity index (χ3n) is 5.50. The van der Waals surface area contributed by atoms with Gasteiger partial charge >= 0.3 is 0 Å². The molecule has 1 heterocycles. The summed E-state index contributed by atoms with van der Waals surface area (Å²) in [6.07, 6.45) is 4.91. The molecule has 3 rings (SSSR count). The van der Waals surface area contributed by atoms with Crippen LogP contribution in [0, 0.1) is 0 Å². The lowest BCUT2D eigenvalue weighted by molar-refractivity contribution is -0.197. The van der Waals surface area contributed by atoms with Crippen molar-refractivity contribution in [1.29, 1.82) is 0 Å². The fourth-order valence-corrected chi connectivity index (χ4v) is 4.80. The zero-order valence-corrected chi connectivity index (χ0v) is 20.1. The van der Waals surface area contributed by atoms with Crippen LogP contribution >= 0.6 is 0 Å². The lowest BCUT2D eigenvalue weighted by atomic mass is 9.94. The molecule has 1 aromatic carbocycles. The summed E-state index contributed by atoms with van der Waals surface area (Å²) < 4.78 is 74.6. The molecule has 0 radical (unpaired) electrons. The van der Waals surface area contributed by atoms with E-state index in [9.17, 15) is 16.8 Å². The second kappa shape index (κ2) is 10.9. The highest BCUT2D eigenvalue weighted by atomic mass is 32.2. The Balaban J connectivity index is 1.71. The van der Waals surface area contributed by atoms with E-state index in [1.165, 1.54) is 0 Å². The largest absolute Gasteiger partial charge is 0.371 e. The Labute approximate surface area is 190 Å². The van der Waals surface area contributed by atoms with E-state index in [4.69, 9.17) is 22.6 Å². The number of benzene rings is 1. The second-order valence-corrected chi connectivity index (χ2v) is 11.7. The van der Waals surface area contributed by atoms with Crippen LogP contribution in [0.15, 0.2) is 30.3 Å². The van der Waals surface area contributed by atoms with Gasteiger partial charge in [-0.05, 0) is 18.4 Å². The van der Waals surface area contributed by atoms with Gasteiger partial charge in [-0.25, -0.2) is 0 Å². The molecule has 1 aromatic rings. The number of ether oxygens (including phenoxy) is 3. The molecule has 0 bridgehead atoms. The number of hydrogen-bond acceptors (Lipinski definition) is 9. The predicted molar refractivity (Wildman–Crippen MR) is 117 cm³/mol. The normalized spacial score (nSPS) is 24.6. The van der Waals surface area contributed by atoms with Crippen LogP contribution in [-0.4, -0.2) is 66.7 Å². The van der Waals surface area contributed by atoms with Crippen molar-refractivity contribution in [3.63, 3.8) is 0 Å². The van der Waals surface area contributed by atoms with Crippen LogP contribution in [0.1, 0.15) is 44.1 Å². The molecule has 1 aliphatic carbocycles. The SMILES string of the molecule is CS(=O)(=O)OC[C@@H](C[C@H]1OC2(CCCCC2)O[C@H]1COS(C)(=O)=O)OCc1ccccc1. The van der Waals surface area contributed by atoms with Gasteiger partial charge in [-0.2, -0.15) is 16.8 Å². The average Bonchev–Trinajstić information content (AvgIpc) is 3.05. The minimum absolute atomic E-state index is 0.177. The maximum Gasteiger partial charge on any atom is 0.264 e. The van der Waals surface area contributed by atoms with Crippen molar-refractivity contribution in [2.24, 2.45) is 0 Å². The molecule has 0 unspecified atom stereocenters. The van der Waals surface area contributed by atoms with E-state index in [1.54, 1.807) is 0 Å². The molecule has 9 nitrogen and oxygen atoms in total. The van der Waals surface area contributed by atoms with Crippen molar-refractivity contribution in [2.45, 2.75) is 69.2 Å². The van der Waals surface area contributed by atoms with Gasteiger partial charge in [0.15, 0.2) is 5.79 Å². The highest BCUT2D eigenvalue weighted by molar-refractivity contribution is 7.86. The summed E-state index contributed by atoms with van der Waals surface area (Å²) in [7, 11) is -7.31. The van der Waals surface area contributed by atoms with Crippen LogP contribution in [0.25, 0.3) is 0 Å². The van der Waals surface area contributed by atoms with Gasteiger partial charge in [-0.3, -0.25) is 8.37 Å². The van der Waals surface area contributed by atoms with Gasteiger partial charge in [0.1, 0.15) is 6.10 Å². The Morgan fingerprint density at radius 1 is 0.938 bits per heavy atom.